The highest BCUT2D eigenvalue weighted by Gasteiger charge is 2.45. The number of hydrogen-bond donors (Lipinski definition) is 1. The zero-order valence-electron chi connectivity index (χ0n) is 18.6. The first kappa shape index (κ1) is 23.8. The van der Waals surface area contributed by atoms with Gasteiger partial charge in [0.1, 0.15) is 6.04 Å². The maximum absolute atomic E-state index is 13.3. The van der Waals surface area contributed by atoms with Gasteiger partial charge in [-0.2, -0.15) is 0 Å². The van der Waals surface area contributed by atoms with Crippen LogP contribution in [0.2, 0.25) is 5.02 Å². The van der Waals surface area contributed by atoms with Crippen molar-refractivity contribution in [3.8, 4) is 0 Å². The van der Waals surface area contributed by atoms with E-state index < -0.39 is 11.5 Å². The van der Waals surface area contributed by atoms with Crippen molar-refractivity contribution < 1.29 is 19.1 Å². The Balaban J connectivity index is 1.75. The molecule has 3 rings (SSSR count). The second-order valence-electron chi connectivity index (χ2n) is 8.47. The second kappa shape index (κ2) is 10.2. The molecule has 2 aromatic carbocycles. The fourth-order valence-corrected chi connectivity index (χ4v) is 4.33. The molecular weight excluding hydrogens is 428 g/mol. The molecule has 1 fully saturated rings. The van der Waals surface area contributed by atoms with Gasteiger partial charge in [0.25, 0.3) is 5.91 Å². The maximum atomic E-state index is 13.3. The number of nitrogens with zero attached hydrogens (tertiary/aromatic N) is 1. The van der Waals surface area contributed by atoms with Crippen molar-refractivity contribution in [2.75, 3.05) is 20.2 Å². The van der Waals surface area contributed by atoms with E-state index in [2.05, 4.69) is 5.32 Å². The van der Waals surface area contributed by atoms with Gasteiger partial charge in [-0.05, 0) is 48.6 Å². The van der Waals surface area contributed by atoms with Gasteiger partial charge in [-0.25, -0.2) is 0 Å². The first-order valence-electron chi connectivity index (χ1n) is 10.8. The fraction of sp³-hybridized carbons (Fsp3) is 0.400. The predicted molar refractivity (Wildman–Crippen MR) is 123 cm³/mol. The van der Waals surface area contributed by atoms with Gasteiger partial charge in [0.2, 0.25) is 5.91 Å². The van der Waals surface area contributed by atoms with Gasteiger partial charge >= 0.3 is 5.97 Å². The Hall–Kier alpha value is -2.86. The number of amides is 2. The van der Waals surface area contributed by atoms with E-state index in [1.165, 1.54) is 7.11 Å². The van der Waals surface area contributed by atoms with Crippen molar-refractivity contribution in [1.82, 2.24) is 10.2 Å². The molecule has 1 unspecified atom stereocenters. The minimum atomic E-state index is -0.823. The van der Waals surface area contributed by atoms with Gasteiger partial charge in [0.15, 0.2) is 0 Å². The molecule has 1 heterocycles. The Morgan fingerprint density at radius 3 is 2.12 bits per heavy atom. The van der Waals surface area contributed by atoms with Gasteiger partial charge in [0.05, 0.1) is 12.5 Å². The van der Waals surface area contributed by atoms with Crippen LogP contribution in [0.15, 0.2) is 54.6 Å². The zero-order chi connectivity index (χ0) is 23.3. The molecule has 2 amide bonds. The van der Waals surface area contributed by atoms with Crippen molar-refractivity contribution >= 4 is 29.4 Å². The smallest absolute Gasteiger partial charge is 0.316 e. The van der Waals surface area contributed by atoms with Gasteiger partial charge in [0, 0.05) is 23.7 Å². The number of likely N-dealkylation sites (tertiary alicyclic amines) is 1. The van der Waals surface area contributed by atoms with Gasteiger partial charge < -0.3 is 15.0 Å². The minimum Gasteiger partial charge on any atom is -0.468 e. The molecule has 7 heteroatoms. The van der Waals surface area contributed by atoms with E-state index in [1.54, 1.807) is 41.3 Å². The van der Waals surface area contributed by atoms with Crippen LogP contribution in [0.5, 0.6) is 0 Å². The average Bonchev–Trinajstić information content (AvgIpc) is 2.82. The molecule has 0 bridgehead atoms. The van der Waals surface area contributed by atoms with Crippen LogP contribution in [-0.2, 0) is 19.7 Å². The number of rotatable bonds is 6. The van der Waals surface area contributed by atoms with Crippen molar-refractivity contribution in [3.63, 3.8) is 0 Å². The largest absolute Gasteiger partial charge is 0.468 e. The van der Waals surface area contributed by atoms with Crippen LogP contribution in [-0.4, -0.2) is 48.9 Å². The molecule has 1 N–H and O–H groups in total. The zero-order valence-corrected chi connectivity index (χ0v) is 19.4. The summed E-state index contributed by atoms with van der Waals surface area (Å²) in [7, 11) is 1.38. The molecule has 1 saturated heterocycles. The van der Waals surface area contributed by atoms with E-state index in [4.69, 9.17) is 16.3 Å². The molecule has 32 heavy (non-hydrogen) atoms. The van der Waals surface area contributed by atoms with E-state index >= 15 is 0 Å². The summed E-state index contributed by atoms with van der Waals surface area (Å²) < 4.78 is 5.13. The number of nitrogens with one attached hydrogen (secondary N) is 1. The van der Waals surface area contributed by atoms with Crippen molar-refractivity contribution in [3.05, 3.63) is 70.7 Å². The Labute approximate surface area is 193 Å². The van der Waals surface area contributed by atoms with Crippen LogP contribution in [0.25, 0.3) is 0 Å². The van der Waals surface area contributed by atoms with Crippen LogP contribution in [0.4, 0.5) is 0 Å². The fourth-order valence-electron chi connectivity index (χ4n) is 4.21. The number of methoxy groups -OCH3 is 1. The minimum absolute atomic E-state index is 0.0845. The molecular formula is C25H29ClN2O4. The number of carbonyl (C=O) groups is 3. The third-order valence-electron chi connectivity index (χ3n) is 6.16. The highest BCUT2D eigenvalue weighted by molar-refractivity contribution is 6.30. The van der Waals surface area contributed by atoms with Gasteiger partial charge in [-0.3, -0.25) is 14.4 Å². The molecule has 0 spiro atoms. The number of piperidine rings is 1. The lowest BCUT2D eigenvalue weighted by Gasteiger charge is -2.41. The monoisotopic (exact) mass is 456 g/mol. The first-order valence-corrected chi connectivity index (χ1v) is 11.2. The van der Waals surface area contributed by atoms with Crippen LogP contribution in [0, 0.1) is 5.92 Å². The van der Waals surface area contributed by atoms with Crippen LogP contribution >= 0.6 is 11.6 Å². The SMILES string of the molecule is COC(=O)C1(c2ccc(Cl)cc2)CCN(C(=O)C(NC(=O)c2ccccc2)C(C)C)CC1. The lowest BCUT2D eigenvalue weighted by atomic mass is 9.72. The molecule has 0 saturated carbocycles. The highest BCUT2D eigenvalue weighted by atomic mass is 35.5. The number of esters is 1. The Morgan fingerprint density at radius 1 is 1.00 bits per heavy atom. The molecule has 0 aliphatic carbocycles. The maximum Gasteiger partial charge on any atom is 0.316 e. The Kier molecular flexibility index (Phi) is 7.56. The van der Waals surface area contributed by atoms with E-state index in [0.717, 1.165) is 5.56 Å². The van der Waals surface area contributed by atoms with Gasteiger partial charge in [-0.1, -0.05) is 55.8 Å². The predicted octanol–water partition coefficient (Wildman–Crippen LogP) is 3.83. The summed E-state index contributed by atoms with van der Waals surface area (Å²) in [5.41, 5.74) is 0.521. The summed E-state index contributed by atoms with van der Waals surface area (Å²) in [5.74, 6) is -0.818. The molecule has 6 nitrogen and oxygen atoms in total. The lowest BCUT2D eigenvalue weighted by molar-refractivity contribution is -0.152. The molecule has 1 atom stereocenters. The normalized spacial score (nSPS) is 16.3. The van der Waals surface area contributed by atoms with Crippen molar-refractivity contribution in [1.29, 1.82) is 0 Å². The second-order valence-corrected chi connectivity index (χ2v) is 8.90. The van der Waals surface area contributed by atoms with Crippen LogP contribution in [0.3, 0.4) is 0 Å². The average molecular weight is 457 g/mol. The van der Waals surface area contributed by atoms with E-state index in [9.17, 15) is 14.4 Å². The molecule has 1 aliphatic rings. The Morgan fingerprint density at radius 2 is 1.59 bits per heavy atom. The summed E-state index contributed by atoms with van der Waals surface area (Å²) in [6.45, 7) is 4.59. The molecule has 2 aromatic rings. The van der Waals surface area contributed by atoms with Crippen molar-refractivity contribution in [2.24, 2.45) is 5.92 Å². The van der Waals surface area contributed by atoms with E-state index in [1.807, 2.05) is 32.0 Å². The Bertz CT molecular complexity index is 952. The number of hydrogen-bond acceptors (Lipinski definition) is 4. The molecule has 0 radical (unpaired) electrons. The summed E-state index contributed by atoms with van der Waals surface area (Å²) in [4.78, 5) is 40.5. The standard InChI is InChI=1S/C25H29ClN2O4/c1-17(2)21(27-22(29)18-7-5-4-6-8-18)23(30)28-15-13-25(14-16-28,24(31)32-3)19-9-11-20(26)12-10-19/h4-12,17,21H,13-16H2,1-3H3,(H,27,29). The number of benzene rings is 2. The lowest BCUT2D eigenvalue weighted by Crippen LogP contribution is -2.56. The topological polar surface area (TPSA) is 75.7 Å². The van der Waals surface area contributed by atoms with Gasteiger partial charge in [-0.15, -0.1) is 0 Å². The summed E-state index contributed by atoms with van der Waals surface area (Å²) >= 11 is 6.02. The van der Waals surface area contributed by atoms with E-state index in [0.29, 0.717) is 36.5 Å². The van der Waals surface area contributed by atoms with Crippen LogP contribution in [0.1, 0.15) is 42.6 Å². The quantitative estimate of drug-likeness (QED) is 0.670. The molecule has 1 aliphatic heterocycles. The van der Waals surface area contributed by atoms with Crippen molar-refractivity contribution in [2.45, 2.75) is 38.1 Å². The summed E-state index contributed by atoms with van der Waals surface area (Å²) in [5, 5.41) is 3.48. The first-order chi connectivity index (χ1) is 15.3. The number of halogens is 1. The molecule has 170 valence electrons. The number of ether oxygens (including phenoxy) is 1. The number of carbonyl (C=O) groups excluding carboxylic acids is 3. The third-order valence-corrected chi connectivity index (χ3v) is 6.41. The molecule has 0 aromatic heterocycles. The highest BCUT2D eigenvalue weighted by Crippen LogP contribution is 2.37. The summed E-state index contributed by atoms with van der Waals surface area (Å²) in [6, 6.07) is 15.4. The van der Waals surface area contributed by atoms with Crippen LogP contribution < -0.4 is 5.32 Å². The summed E-state index contributed by atoms with van der Waals surface area (Å²) in [6.07, 6.45) is 0.870. The van der Waals surface area contributed by atoms with E-state index in [-0.39, 0.29) is 23.7 Å². The third kappa shape index (κ3) is 4.96.